The summed E-state index contributed by atoms with van der Waals surface area (Å²) in [5.41, 5.74) is 1.25. The summed E-state index contributed by atoms with van der Waals surface area (Å²) >= 11 is 0. The molecule has 1 amide bonds. The Hall–Kier alpha value is -3.59. The zero-order valence-electron chi connectivity index (χ0n) is 14.4. The Labute approximate surface area is 150 Å². The van der Waals surface area contributed by atoms with E-state index in [2.05, 4.69) is 5.32 Å². The van der Waals surface area contributed by atoms with Gasteiger partial charge < -0.3 is 9.73 Å². The van der Waals surface area contributed by atoms with Crippen LogP contribution >= 0.6 is 0 Å². The SMILES string of the molecule is Cc1ccc(CNC(=O)c2ccc(C)n(-c3cccc(C#N)c3)c2=O)o1. The molecule has 0 atom stereocenters. The number of aryl methyl sites for hydroxylation is 2. The third-order valence-electron chi connectivity index (χ3n) is 3.97. The summed E-state index contributed by atoms with van der Waals surface area (Å²) in [6.45, 7) is 3.79. The molecule has 2 aromatic heterocycles. The lowest BCUT2D eigenvalue weighted by molar-refractivity contribution is 0.0946. The average molecular weight is 347 g/mol. The van der Waals surface area contributed by atoms with Gasteiger partial charge in [0, 0.05) is 5.69 Å². The number of carbonyl (C=O) groups is 1. The first-order valence-corrected chi connectivity index (χ1v) is 8.06. The Balaban J connectivity index is 1.93. The highest BCUT2D eigenvalue weighted by atomic mass is 16.3. The first-order chi connectivity index (χ1) is 12.5. The van der Waals surface area contributed by atoms with Gasteiger partial charge in [0.25, 0.3) is 11.5 Å². The van der Waals surface area contributed by atoms with E-state index in [4.69, 9.17) is 9.68 Å². The van der Waals surface area contributed by atoms with E-state index in [1.165, 1.54) is 10.6 Å². The number of aromatic nitrogens is 1. The molecule has 0 radical (unpaired) electrons. The Bertz CT molecular complexity index is 1070. The number of nitrogens with zero attached hydrogens (tertiary/aromatic N) is 2. The molecule has 0 saturated heterocycles. The number of rotatable bonds is 4. The zero-order valence-corrected chi connectivity index (χ0v) is 14.4. The molecule has 0 fully saturated rings. The standard InChI is InChI=1S/C20H17N3O3/c1-13-6-9-18(19(24)22-12-17-8-7-14(2)26-17)20(25)23(13)16-5-3-4-15(10-16)11-21/h3-10H,12H2,1-2H3,(H,22,24). The van der Waals surface area contributed by atoms with Gasteiger partial charge in [-0.1, -0.05) is 6.07 Å². The zero-order chi connectivity index (χ0) is 18.7. The van der Waals surface area contributed by atoms with Crippen LogP contribution < -0.4 is 10.9 Å². The minimum absolute atomic E-state index is 0.0289. The second kappa shape index (κ2) is 7.11. The highest BCUT2D eigenvalue weighted by Gasteiger charge is 2.15. The molecule has 0 unspecified atom stereocenters. The van der Waals surface area contributed by atoms with Gasteiger partial charge in [-0.2, -0.15) is 5.26 Å². The summed E-state index contributed by atoms with van der Waals surface area (Å²) in [4.78, 5) is 25.3. The molecule has 0 bridgehead atoms. The summed E-state index contributed by atoms with van der Waals surface area (Å²) < 4.78 is 6.83. The van der Waals surface area contributed by atoms with E-state index >= 15 is 0 Å². The lowest BCUT2D eigenvalue weighted by Gasteiger charge is -2.12. The molecule has 3 rings (SSSR count). The van der Waals surface area contributed by atoms with Crippen molar-refractivity contribution in [3.63, 3.8) is 0 Å². The first kappa shape index (κ1) is 17.2. The van der Waals surface area contributed by atoms with Crippen molar-refractivity contribution in [2.75, 3.05) is 0 Å². The van der Waals surface area contributed by atoms with Crippen LogP contribution in [0.4, 0.5) is 0 Å². The van der Waals surface area contributed by atoms with Crippen LogP contribution in [0.2, 0.25) is 0 Å². The molecule has 0 aliphatic rings. The molecule has 1 aromatic carbocycles. The minimum atomic E-state index is -0.478. The van der Waals surface area contributed by atoms with Crippen LogP contribution in [0.25, 0.3) is 5.69 Å². The Morgan fingerprint density at radius 2 is 2.00 bits per heavy atom. The monoisotopic (exact) mass is 347 g/mol. The van der Waals surface area contributed by atoms with Crippen LogP contribution in [0.5, 0.6) is 0 Å². The lowest BCUT2D eigenvalue weighted by atomic mass is 10.1. The number of hydrogen-bond acceptors (Lipinski definition) is 4. The number of nitrogens with one attached hydrogen (secondary N) is 1. The molecule has 0 aliphatic carbocycles. The van der Waals surface area contributed by atoms with Crippen molar-refractivity contribution in [1.29, 1.82) is 5.26 Å². The summed E-state index contributed by atoms with van der Waals surface area (Å²) in [5.74, 6) is 0.892. The van der Waals surface area contributed by atoms with Crippen molar-refractivity contribution in [2.45, 2.75) is 20.4 Å². The number of furan rings is 1. The number of hydrogen-bond donors (Lipinski definition) is 1. The fourth-order valence-electron chi connectivity index (χ4n) is 2.68. The third-order valence-corrected chi connectivity index (χ3v) is 3.97. The largest absolute Gasteiger partial charge is 0.465 e. The van der Waals surface area contributed by atoms with Gasteiger partial charge in [0.05, 0.1) is 23.9 Å². The summed E-state index contributed by atoms with van der Waals surface area (Å²) in [6.07, 6.45) is 0. The Morgan fingerprint density at radius 1 is 1.19 bits per heavy atom. The topological polar surface area (TPSA) is 88.0 Å². The van der Waals surface area contributed by atoms with Crippen molar-refractivity contribution in [3.8, 4) is 11.8 Å². The van der Waals surface area contributed by atoms with Crippen molar-refractivity contribution < 1.29 is 9.21 Å². The number of carbonyl (C=O) groups excluding carboxylic acids is 1. The van der Waals surface area contributed by atoms with E-state index in [1.807, 2.05) is 19.1 Å². The predicted octanol–water partition coefficient (Wildman–Crippen LogP) is 2.85. The maximum Gasteiger partial charge on any atom is 0.268 e. The van der Waals surface area contributed by atoms with Gasteiger partial charge in [0.1, 0.15) is 17.1 Å². The van der Waals surface area contributed by atoms with Gasteiger partial charge in [-0.3, -0.25) is 14.2 Å². The summed E-state index contributed by atoms with van der Waals surface area (Å²) in [5, 5.41) is 11.8. The number of benzene rings is 1. The van der Waals surface area contributed by atoms with E-state index in [0.717, 1.165) is 5.76 Å². The Morgan fingerprint density at radius 3 is 2.69 bits per heavy atom. The fraction of sp³-hybridized carbons (Fsp3) is 0.150. The third kappa shape index (κ3) is 3.42. The van der Waals surface area contributed by atoms with Crippen LogP contribution in [0, 0.1) is 25.2 Å². The highest BCUT2D eigenvalue weighted by molar-refractivity contribution is 5.93. The molecule has 6 heteroatoms. The van der Waals surface area contributed by atoms with E-state index in [9.17, 15) is 9.59 Å². The van der Waals surface area contributed by atoms with Gasteiger partial charge in [-0.05, 0) is 56.3 Å². The van der Waals surface area contributed by atoms with Crippen molar-refractivity contribution >= 4 is 5.91 Å². The normalized spacial score (nSPS) is 10.3. The molecule has 0 spiro atoms. The van der Waals surface area contributed by atoms with Crippen molar-refractivity contribution in [3.05, 3.63) is 87.2 Å². The molecule has 26 heavy (non-hydrogen) atoms. The second-order valence-electron chi connectivity index (χ2n) is 5.89. The summed E-state index contributed by atoms with van der Waals surface area (Å²) in [6, 6.07) is 15.5. The minimum Gasteiger partial charge on any atom is -0.465 e. The molecule has 0 saturated carbocycles. The highest BCUT2D eigenvalue weighted by Crippen LogP contribution is 2.12. The van der Waals surface area contributed by atoms with Crippen molar-refractivity contribution in [1.82, 2.24) is 9.88 Å². The van der Waals surface area contributed by atoms with Gasteiger partial charge in [0.2, 0.25) is 0 Å². The molecule has 3 aromatic rings. The fourth-order valence-corrected chi connectivity index (χ4v) is 2.68. The molecule has 1 N–H and O–H groups in total. The molecule has 130 valence electrons. The number of nitriles is 1. The van der Waals surface area contributed by atoms with Crippen LogP contribution in [0.3, 0.4) is 0 Å². The maximum absolute atomic E-state index is 12.8. The summed E-state index contributed by atoms with van der Waals surface area (Å²) in [7, 11) is 0. The Kier molecular flexibility index (Phi) is 4.72. The van der Waals surface area contributed by atoms with Gasteiger partial charge >= 0.3 is 0 Å². The maximum atomic E-state index is 12.8. The van der Waals surface area contributed by atoms with E-state index < -0.39 is 11.5 Å². The molecule has 6 nitrogen and oxygen atoms in total. The molecular formula is C20H17N3O3. The van der Waals surface area contributed by atoms with Crippen LogP contribution in [0.1, 0.15) is 33.1 Å². The first-order valence-electron chi connectivity index (χ1n) is 8.06. The van der Waals surface area contributed by atoms with Gasteiger partial charge in [0.15, 0.2) is 0 Å². The second-order valence-corrected chi connectivity index (χ2v) is 5.89. The smallest absolute Gasteiger partial charge is 0.268 e. The molecule has 2 heterocycles. The number of pyridine rings is 1. The van der Waals surface area contributed by atoms with Crippen LogP contribution in [-0.4, -0.2) is 10.5 Å². The predicted molar refractivity (Wildman–Crippen MR) is 96.1 cm³/mol. The number of amides is 1. The van der Waals surface area contributed by atoms with Crippen LogP contribution in [0.15, 0.2) is 57.7 Å². The average Bonchev–Trinajstić information content (AvgIpc) is 3.05. The molecule has 0 aliphatic heterocycles. The molecular weight excluding hydrogens is 330 g/mol. The van der Waals surface area contributed by atoms with E-state index in [0.29, 0.717) is 22.7 Å². The quantitative estimate of drug-likeness (QED) is 0.786. The van der Waals surface area contributed by atoms with Gasteiger partial charge in [-0.25, -0.2) is 0 Å². The van der Waals surface area contributed by atoms with E-state index in [-0.39, 0.29) is 12.1 Å². The van der Waals surface area contributed by atoms with Crippen LogP contribution in [-0.2, 0) is 6.54 Å². The van der Waals surface area contributed by atoms with E-state index in [1.54, 1.807) is 43.3 Å². The van der Waals surface area contributed by atoms with Gasteiger partial charge in [-0.15, -0.1) is 0 Å². The lowest BCUT2D eigenvalue weighted by Crippen LogP contribution is -2.33. The van der Waals surface area contributed by atoms with Crippen molar-refractivity contribution in [2.24, 2.45) is 0 Å².